The van der Waals surface area contributed by atoms with E-state index in [1.165, 1.54) is 11.1 Å². The molecule has 0 radical (unpaired) electrons. The summed E-state index contributed by atoms with van der Waals surface area (Å²) in [5.41, 5.74) is 3.75. The van der Waals surface area contributed by atoms with Gasteiger partial charge in [-0.05, 0) is 44.4 Å². The molecule has 0 aliphatic carbocycles. The second-order valence-electron chi connectivity index (χ2n) is 5.03. The fourth-order valence-electron chi connectivity index (χ4n) is 2.24. The molecule has 0 bridgehead atoms. The number of rotatable bonds is 2. The summed E-state index contributed by atoms with van der Waals surface area (Å²) in [6.07, 6.45) is 0. The molecule has 0 atom stereocenters. The fraction of sp³-hybridized carbons (Fsp3) is 0.562. The molecule has 1 aromatic heterocycles. The standard InChI is InChI=1S/C14H20N2.C2H6/c1-9(2)12-6-7-13-14(8-12)16(10(3)4)11(5)15-13;1-2/h6-10H,1-5H3;1-2H3. The van der Waals surface area contributed by atoms with Gasteiger partial charge in [0.25, 0.3) is 0 Å². The quantitative estimate of drug-likeness (QED) is 0.723. The number of aryl methyl sites for hydroxylation is 1. The maximum atomic E-state index is 4.60. The van der Waals surface area contributed by atoms with Crippen LogP contribution >= 0.6 is 0 Å². The van der Waals surface area contributed by atoms with E-state index in [2.05, 4.69) is 62.4 Å². The molecule has 1 heterocycles. The van der Waals surface area contributed by atoms with Gasteiger partial charge < -0.3 is 4.57 Å². The first-order chi connectivity index (χ1) is 8.50. The summed E-state index contributed by atoms with van der Waals surface area (Å²) in [6, 6.07) is 7.06. The van der Waals surface area contributed by atoms with Crippen molar-refractivity contribution in [1.29, 1.82) is 0 Å². The molecule has 18 heavy (non-hydrogen) atoms. The van der Waals surface area contributed by atoms with E-state index in [0.29, 0.717) is 12.0 Å². The van der Waals surface area contributed by atoms with Crippen LogP contribution in [0.25, 0.3) is 11.0 Å². The molecule has 0 N–H and O–H groups in total. The van der Waals surface area contributed by atoms with Crippen LogP contribution in [0.15, 0.2) is 18.2 Å². The smallest absolute Gasteiger partial charge is 0.106 e. The van der Waals surface area contributed by atoms with Gasteiger partial charge in [-0.2, -0.15) is 0 Å². The minimum absolute atomic E-state index is 0.465. The normalized spacial score (nSPS) is 10.9. The topological polar surface area (TPSA) is 17.8 Å². The minimum Gasteiger partial charge on any atom is -0.326 e. The lowest BCUT2D eigenvalue weighted by atomic mass is 10.0. The average molecular weight is 246 g/mol. The highest BCUT2D eigenvalue weighted by Crippen LogP contribution is 2.24. The van der Waals surface area contributed by atoms with E-state index < -0.39 is 0 Å². The molecule has 2 aromatic rings. The Morgan fingerprint density at radius 2 is 1.67 bits per heavy atom. The highest BCUT2D eigenvalue weighted by molar-refractivity contribution is 5.77. The second kappa shape index (κ2) is 6.03. The summed E-state index contributed by atoms with van der Waals surface area (Å²) >= 11 is 0. The van der Waals surface area contributed by atoms with Crippen molar-refractivity contribution in [3.05, 3.63) is 29.6 Å². The van der Waals surface area contributed by atoms with Crippen molar-refractivity contribution in [2.75, 3.05) is 0 Å². The Kier molecular flexibility index (Phi) is 4.94. The van der Waals surface area contributed by atoms with Gasteiger partial charge in [0.15, 0.2) is 0 Å². The highest BCUT2D eigenvalue weighted by Gasteiger charge is 2.11. The van der Waals surface area contributed by atoms with Gasteiger partial charge in [-0.15, -0.1) is 0 Å². The first kappa shape index (κ1) is 14.7. The van der Waals surface area contributed by atoms with E-state index in [9.17, 15) is 0 Å². The number of hydrogen-bond donors (Lipinski definition) is 0. The van der Waals surface area contributed by atoms with Crippen molar-refractivity contribution >= 4 is 11.0 Å². The molecule has 100 valence electrons. The molecule has 2 nitrogen and oxygen atoms in total. The van der Waals surface area contributed by atoms with E-state index in [0.717, 1.165) is 11.3 Å². The molecule has 2 rings (SSSR count). The van der Waals surface area contributed by atoms with Gasteiger partial charge >= 0.3 is 0 Å². The van der Waals surface area contributed by atoms with Crippen molar-refractivity contribution in [3.63, 3.8) is 0 Å². The van der Waals surface area contributed by atoms with E-state index in [-0.39, 0.29) is 0 Å². The molecular weight excluding hydrogens is 220 g/mol. The van der Waals surface area contributed by atoms with Gasteiger partial charge in [-0.25, -0.2) is 4.98 Å². The molecule has 0 saturated carbocycles. The van der Waals surface area contributed by atoms with Crippen LogP contribution in [-0.4, -0.2) is 9.55 Å². The first-order valence-electron chi connectivity index (χ1n) is 6.99. The fourth-order valence-corrected chi connectivity index (χ4v) is 2.24. The Bertz CT molecular complexity index is 507. The summed E-state index contributed by atoms with van der Waals surface area (Å²) in [7, 11) is 0. The third kappa shape index (κ3) is 2.74. The van der Waals surface area contributed by atoms with Crippen molar-refractivity contribution in [1.82, 2.24) is 9.55 Å². The van der Waals surface area contributed by atoms with Gasteiger partial charge in [0.2, 0.25) is 0 Å². The lowest BCUT2D eigenvalue weighted by Gasteiger charge is -2.12. The van der Waals surface area contributed by atoms with Crippen LogP contribution in [0.3, 0.4) is 0 Å². The molecular formula is C16H26N2. The van der Waals surface area contributed by atoms with Crippen molar-refractivity contribution in [3.8, 4) is 0 Å². The molecule has 0 spiro atoms. The summed E-state index contributed by atoms with van der Waals surface area (Å²) in [4.78, 5) is 4.60. The summed E-state index contributed by atoms with van der Waals surface area (Å²) < 4.78 is 2.31. The van der Waals surface area contributed by atoms with E-state index >= 15 is 0 Å². The molecule has 0 unspecified atom stereocenters. The predicted molar refractivity (Wildman–Crippen MR) is 80.3 cm³/mol. The number of hydrogen-bond acceptors (Lipinski definition) is 1. The number of fused-ring (bicyclic) bond motifs is 1. The van der Waals surface area contributed by atoms with E-state index in [1.54, 1.807) is 0 Å². The van der Waals surface area contributed by atoms with Crippen LogP contribution in [0.1, 0.15) is 64.9 Å². The van der Waals surface area contributed by atoms with Crippen LogP contribution in [0.4, 0.5) is 0 Å². The Morgan fingerprint density at radius 3 is 2.17 bits per heavy atom. The lowest BCUT2D eigenvalue weighted by molar-refractivity contribution is 0.599. The lowest BCUT2D eigenvalue weighted by Crippen LogP contribution is -2.03. The van der Waals surface area contributed by atoms with Gasteiger partial charge in [0.05, 0.1) is 11.0 Å². The average Bonchev–Trinajstić information content (AvgIpc) is 2.66. The number of aromatic nitrogens is 2. The van der Waals surface area contributed by atoms with Gasteiger partial charge in [-0.1, -0.05) is 33.8 Å². The largest absolute Gasteiger partial charge is 0.326 e. The zero-order chi connectivity index (χ0) is 13.9. The van der Waals surface area contributed by atoms with E-state index in [1.807, 2.05) is 13.8 Å². The monoisotopic (exact) mass is 246 g/mol. The molecule has 0 aliphatic rings. The summed E-state index contributed by atoms with van der Waals surface area (Å²) in [5.74, 6) is 1.67. The molecule has 0 aliphatic heterocycles. The third-order valence-corrected chi connectivity index (χ3v) is 3.07. The Hall–Kier alpha value is -1.31. The maximum Gasteiger partial charge on any atom is 0.106 e. The second-order valence-corrected chi connectivity index (χ2v) is 5.03. The van der Waals surface area contributed by atoms with Crippen LogP contribution in [-0.2, 0) is 0 Å². The highest BCUT2D eigenvalue weighted by atomic mass is 15.1. The number of imidazole rings is 1. The zero-order valence-electron chi connectivity index (χ0n) is 12.8. The summed E-state index contributed by atoms with van der Waals surface area (Å²) in [5, 5.41) is 0. The zero-order valence-corrected chi connectivity index (χ0v) is 12.8. The molecule has 1 aromatic carbocycles. The van der Waals surface area contributed by atoms with E-state index in [4.69, 9.17) is 0 Å². The third-order valence-electron chi connectivity index (χ3n) is 3.07. The van der Waals surface area contributed by atoms with Crippen molar-refractivity contribution in [2.24, 2.45) is 0 Å². The van der Waals surface area contributed by atoms with Gasteiger partial charge in [0.1, 0.15) is 5.82 Å². The first-order valence-corrected chi connectivity index (χ1v) is 6.99. The summed E-state index contributed by atoms with van der Waals surface area (Å²) in [6.45, 7) is 14.9. The van der Waals surface area contributed by atoms with Crippen molar-refractivity contribution in [2.45, 2.75) is 60.4 Å². The molecule has 0 amide bonds. The Morgan fingerprint density at radius 1 is 1.06 bits per heavy atom. The minimum atomic E-state index is 0.465. The van der Waals surface area contributed by atoms with Crippen molar-refractivity contribution < 1.29 is 0 Å². The Labute approximate surface area is 111 Å². The van der Waals surface area contributed by atoms with Crippen LogP contribution in [0.2, 0.25) is 0 Å². The van der Waals surface area contributed by atoms with Crippen LogP contribution < -0.4 is 0 Å². The molecule has 2 heteroatoms. The van der Waals surface area contributed by atoms with Gasteiger partial charge in [0, 0.05) is 6.04 Å². The Balaban J connectivity index is 0.000000771. The van der Waals surface area contributed by atoms with Crippen LogP contribution in [0.5, 0.6) is 0 Å². The molecule has 0 saturated heterocycles. The molecule has 0 fully saturated rings. The predicted octanol–water partition coefficient (Wildman–Crippen LogP) is 5.08. The maximum absolute atomic E-state index is 4.60. The number of benzene rings is 1. The number of nitrogens with zero attached hydrogens (tertiary/aromatic N) is 2. The SMILES string of the molecule is CC.Cc1nc2ccc(C(C)C)cc2n1C(C)C. The van der Waals surface area contributed by atoms with Gasteiger partial charge in [-0.3, -0.25) is 0 Å². The van der Waals surface area contributed by atoms with Crippen LogP contribution in [0, 0.1) is 6.92 Å².